The number of hydrogen-bond acceptors (Lipinski definition) is 4. The Morgan fingerprint density at radius 3 is 2.20 bits per heavy atom. The van der Waals surface area contributed by atoms with Crippen molar-refractivity contribution in [1.29, 1.82) is 0 Å². The molecular weight excluding hydrogens is 340 g/mol. The zero-order chi connectivity index (χ0) is 18.4. The second-order valence-electron chi connectivity index (χ2n) is 7.37. The van der Waals surface area contributed by atoms with Crippen LogP contribution in [0.3, 0.4) is 0 Å². The predicted octanol–water partition coefficient (Wildman–Crippen LogP) is 1.74. The van der Waals surface area contributed by atoms with Gasteiger partial charge < -0.3 is 10.2 Å². The molecule has 1 heterocycles. The molecule has 1 saturated heterocycles. The molecule has 1 unspecified atom stereocenters. The van der Waals surface area contributed by atoms with Crippen molar-refractivity contribution in [3.63, 3.8) is 0 Å². The lowest BCUT2D eigenvalue weighted by Gasteiger charge is -2.34. The highest BCUT2D eigenvalue weighted by atomic mass is 32.2. The molecule has 6 nitrogen and oxygen atoms in total. The van der Waals surface area contributed by atoms with Gasteiger partial charge in [-0.1, -0.05) is 13.3 Å². The van der Waals surface area contributed by atoms with E-state index >= 15 is 0 Å². The van der Waals surface area contributed by atoms with Crippen LogP contribution >= 0.6 is 0 Å². The Bertz CT molecular complexity index is 568. The fourth-order valence-electron chi connectivity index (χ4n) is 3.98. The summed E-state index contributed by atoms with van der Waals surface area (Å²) in [5.41, 5.74) is 0. The van der Waals surface area contributed by atoms with E-state index in [1.54, 1.807) is 4.90 Å². The molecule has 1 saturated carbocycles. The third kappa shape index (κ3) is 5.43. The van der Waals surface area contributed by atoms with Crippen LogP contribution in [0.2, 0.25) is 0 Å². The molecule has 25 heavy (non-hydrogen) atoms. The molecule has 0 radical (unpaired) electrons. The zero-order valence-corrected chi connectivity index (χ0v) is 16.3. The molecular formula is C18H32N2O4S. The SMILES string of the molecule is CCCCNC(=O)C1CCC(C(=O)N(CC)C2CCS(=O)(=O)C2)CC1. The standard InChI is InChI=1S/C18H32N2O4S/c1-3-5-11-19-17(21)14-6-8-15(9-7-14)18(22)20(4-2)16-10-12-25(23,24)13-16/h14-16H,3-13H2,1-2H3,(H,19,21). The van der Waals surface area contributed by atoms with E-state index < -0.39 is 9.84 Å². The highest BCUT2D eigenvalue weighted by molar-refractivity contribution is 7.91. The molecule has 7 heteroatoms. The molecule has 1 N–H and O–H groups in total. The number of sulfone groups is 1. The molecule has 2 rings (SSSR count). The van der Waals surface area contributed by atoms with Crippen LogP contribution in [0.4, 0.5) is 0 Å². The molecule has 0 bridgehead atoms. The fourth-order valence-corrected chi connectivity index (χ4v) is 5.72. The van der Waals surface area contributed by atoms with Gasteiger partial charge in [-0.15, -0.1) is 0 Å². The first-order valence-electron chi connectivity index (χ1n) is 9.66. The molecule has 1 aliphatic heterocycles. The number of amides is 2. The summed E-state index contributed by atoms with van der Waals surface area (Å²) < 4.78 is 23.4. The highest BCUT2D eigenvalue weighted by Gasteiger charge is 2.38. The van der Waals surface area contributed by atoms with Gasteiger partial charge in [0.2, 0.25) is 11.8 Å². The molecule has 144 valence electrons. The zero-order valence-electron chi connectivity index (χ0n) is 15.5. The van der Waals surface area contributed by atoms with Crippen molar-refractivity contribution in [2.75, 3.05) is 24.6 Å². The first kappa shape index (κ1) is 20.2. The van der Waals surface area contributed by atoms with E-state index in [4.69, 9.17) is 0 Å². The van der Waals surface area contributed by atoms with Gasteiger partial charge in [0, 0.05) is 31.0 Å². The second kappa shape index (κ2) is 9.01. The van der Waals surface area contributed by atoms with Gasteiger partial charge in [0.15, 0.2) is 9.84 Å². The molecule has 0 aromatic carbocycles. The molecule has 0 aromatic rings. The van der Waals surface area contributed by atoms with Crippen molar-refractivity contribution in [2.24, 2.45) is 11.8 Å². The lowest BCUT2D eigenvalue weighted by molar-refractivity contribution is -0.140. The third-order valence-corrected chi connectivity index (χ3v) is 7.30. The van der Waals surface area contributed by atoms with Gasteiger partial charge in [0.25, 0.3) is 0 Å². The quantitative estimate of drug-likeness (QED) is 0.690. The van der Waals surface area contributed by atoms with E-state index in [0.29, 0.717) is 13.0 Å². The first-order chi connectivity index (χ1) is 11.9. The van der Waals surface area contributed by atoms with Crippen LogP contribution in [0, 0.1) is 11.8 Å². The Hall–Kier alpha value is -1.11. The Morgan fingerprint density at radius 1 is 1.04 bits per heavy atom. The van der Waals surface area contributed by atoms with Gasteiger partial charge in [-0.25, -0.2) is 8.42 Å². The highest BCUT2D eigenvalue weighted by Crippen LogP contribution is 2.31. The van der Waals surface area contributed by atoms with Gasteiger partial charge >= 0.3 is 0 Å². The second-order valence-corrected chi connectivity index (χ2v) is 9.60. The van der Waals surface area contributed by atoms with Gasteiger partial charge in [0.05, 0.1) is 11.5 Å². The number of nitrogens with one attached hydrogen (secondary N) is 1. The Balaban J connectivity index is 1.84. The van der Waals surface area contributed by atoms with Gasteiger partial charge in [-0.05, 0) is 45.4 Å². The van der Waals surface area contributed by atoms with Crippen LogP contribution in [0.15, 0.2) is 0 Å². The van der Waals surface area contributed by atoms with Crippen LogP contribution in [0.25, 0.3) is 0 Å². The summed E-state index contributed by atoms with van der Waals surface area (Å²) in [6, 6.07) is -0.169. The largest absolute Gasteiger partial charge is 0.356 e. The van der Waals surface area contributed by atoms with Gasteiger partial charge in [-0.3, -0.25) is 9.59 Å². The van der Waals surface area contributed by atoms with Gasteiger partial charge in [-0.2, -0.15) is 0 Å². The van der Waals surface area contributed by atoms with Gasteiger partial charge in [0.1, 0.15) is 0 Å². The molecule has 0 aromatic heterocycles. The molecule has 2 amide bonds. The van der Waals surface area contributed by atoms with Crippen LogP contribution in [0.1, 0.15) is 58.8 Å². The molecule has 0 spiro atoms. The van der Waals surface area contributed by atoms with Crippen molar-refractivity contribution < 1.29 is 18.0 Å². The Labute approximate surface area is 151 Å². The molecule has 2 aliphatic rings. The number of unbranched alkanes of at least 4 members (excludes halogenated alkanes) is 1. The number of carbonyl (C=O) groups is 2. The normalized spacial score (nSPS) is 28.5. The predicted molar refractivity (Wildman–Crippen MR) is 97.8 cm³/mol. The number of carbonyl (C=O) groups excluding carboxylic acids is 2. The summed E-state index contributed by atoms with van der Waals surface area (Å²) in [5.74, 6) is 0.433. The summed E-state index contributed by atoms with van der Waals surface area (Å²) in [7, 11) is -2.99. The van der Waals surface area contributed by atoms with Crippen molar-refractivity contribution in [2.45, 2.75) is 64.8 Å². The first-order valence-corrected chi connectivity index (χ1v) is 11.5. The number of rotatable bonds is 7. The summed E-state index contributed by atoms with van der Waals surface area (Å²) in [6.07, 6.45) is 5.54. The van der Waals surface area contributed by atoms with E-state index in [2.05, 4.69) is 12.2 Å². The van der Waals surface area contributed by atoms with Crippen molar-refractivity contribution in [3.8, 4) is 0 Å². The van der Waals surface area contributed by atoms with Crippen molar-refractivity contribution in [3.05, 3.63) is 0 Å². The summed E-state index contributed by atoms with van der Waals surface area (Å²) in [6.45, 7) is 5.29. The maximum Gasteiger partial charge on any atom is 0.225 e. The van der Waals surface area contributed by atoms with Crippen LogP contribution in [-0.2, 0) is 19.4 Å². The minimum atomic E-state index is -2.99. The lowest BCUT2D eigenvalue weighted by atomic mass is 9.80. The summed E-state index contributed by atoms with van der Waals surface area (Å²) in [4.78, 5) is 26.8. The van der Waals surface area contributed by atoms with E-state index in [1.165, 1.54) is 0 Å². The van der Waals surface area contributed by atoms with Crippen LogP contribution in [-0.4, -0.2) is 55.8 Å². The van der Waals surface area contributed by atoms with Crippen molar-refractivity contribution in [1.82, 2.24) is 10.2 Å². The topological polar surface area (TPSA) is 83.6 Å². The molecule has 1 atom stereocenters. The average molecular weight is 373 g/mol. The summed E-state index contributed by atoms with van der Waals surface area (Å²) in [5, 5.41) is 2.98. The molecule has 1 aliphatic carbocycles. The fraction of sp³-hybridized carbons (Fsp3) is 0.889. The van der Waals surface area contributed by atoms with Crippen LogP contribution in [0.5, 0.6) is 0 Å². The maximum absolute atomic E-state index is 12.8. The monoisotopic (exact) mass is 372 g/mol. The Morgan fingerprint density at radius 2 is 1.68 bits per heavy atom. The summed E-state index contributed by atoms with van der Waals surface area (Å²) >= 11 is 0. The van der Waals surface area contributed by atoms with E-state index in [0.717, 1.165) is 45.1 Å². The Kier molecular flexibility index (Phi) is 7.28. The van der Waals surface area contributed by atoms with E-state index in [9.17, 15) is 18.0 Å². The number of nitrogens with zero attached hydrogens (tertiary/aromatic N) is 1. The lowest BCUT2D eigenvalue weighted by Crippen LogP contribution is -2.45. The average Bonchev–Trinajstić information content (AvgIpc) is 2.95. The van der Waals surface area contributed by atoms with Crippen LogP contribution < -0.4 is 5.32 Å². The minimum absolute atomic E-state index is 0.0165. The maximum atomic E-state index is 12.8. The smallest absolute Gasteiger partial charge is 0.225 e. The van der Waals surface area contributed by atoms with E-state index in [1.807, 2.05) is 6.92 Å². The van der Waals surface area contributed by atoms with Crippen molar-refractivity contribution >= 4 is 21.7 Å². The minimum Gasteiger partial charge on any atom is -0.356 e. The third-order valence-electron chi connectivity index (χ3n) is 5.55. The van der Waals surface area contributed by atoms with E-state index in [-0.39, 0.29) is 41.2 Å². The number of hydrogen-bond donors (Lipinski definition) is 1. The molecule has 2 fully saturated rings.